The van der Waals surface area contributed by atoms with Crippen LogP contribution in [0.4, 0.5) is 0 Å². The average molecular weight is 406 g/mol. The van der Waals surface area contributed by atoms with Crippen LogP contribution in [0.15, 0.2) is 47.5 Å². The van der Waals surface area contributed by atoms with Gasteiger partial charge in [-0.2, -0.15) is 0 Å². The molecule has 2 rings (SSSR count). The highest BCUT2D eigenvalue weighted by Crippen LogP contribution is 2.22. The van der Waals surface area contributed by atoms with E-state index in [0.717, 1.165) is 35.6 Å². The summed E-state index contributed by atoms with van der Waals surface area (Å²) in [6, 6.07) is 13.0. The third-order valence-corrected chi connectivity index (χ3v) is 4.57. The molecule has 3 N–H and O–H groups in total. The topological polar surface area (TPSA) is 75.1 Å². The number of aliphatic hydroxyl groups excluding tert-OH is 1. The Bertz CT molecular complexity index is 766. The normalized spacial score (nSPS) is 12.4. The molecule has 1 unspecified atom stereocenters. The Morgan fingerprint density at radius 3 is 2.36 bits per heavy atom. The third kappa shape index (κ3) is 6.62. The second kappa shape index (κ2) is 11.4. The van der Waals surface area contributed by atoms with Crippen LogP contribution >= 0.6 is 11.6 Å². The van der Waals surface area contributed by atoms with Crippen LogP contribution < -0.4 is 20.1 Å². The molecular weight excluding hydrogens is 378 g/mol. The average Bonchev–Trinajstić information content (AvgIpc) is 2.72. The molecule has 0 aliphatic rings. The predicted molar refractivity (Wildman–Crippen MR) is 114 cm³/mol. The van der Waals surface area contributed by atoms with Gasteiger partial charge in [-0.3, -0.25) is 4.99 Å². The van der Waals surface area contributed by atoms with Gasteiger partial charge < -0.3 is 25.2 Å². The van der Waals surface area contributed by atoms with E-state index in [4.69, 9.17) is 21.1 Å². The second-order valence-electron chi connectivity index (χ2n) is 6.14. The molecule has 0 heterocycles. The van der Waals surface area contributed by atoms with Crippen LogP contribution in [0.1, 0.15) is 24.2 Å². The summed E-state index contributed by atoms with van der Waals surface area (Å²) in [4.78, 5) is 4.47. The van der Waals surface area contributed by atoms with Crippen LogP contribution in [-0.4, -0.2) is 44.9 Å². The van der Waals surface area contributed by atoms with Crippen molar-refractivity contribution in [3.05, 3.63) is 58.6 Å². The van der Waals surface area contributed by atoms with Crippen molar-refractivity contribution in [2.24, 2.45) is 4.99 Å². The number of benzene rings is 2. The highest BCUT2D eigenvalue weighted by atomic mass is 35.5. The first-order chi connectivity index (χ1) is 13.6. The Morgan fingerprint density at radius 2 is 1.75 bits per heavy atom. The molecule has 6 nitrogen and oxygen atoms in total. The van der Waals surface area contributed by atoms with E-state index in [1.54, 1.807) is 20.3 Å². The standard InChI is InChI=1S/C21H28ClN3O3/c1-4-23-21(24-12-11-15-5-10-18(28-3)13-19(15)22)25-14-20(26)16-6-8-17(27-2)9-7-16/h5-10,13,20,26H,4,11-12,14H2,1-3H3,(H2,23,24,25). The number of nitrogens with one attached hydrogen (secondary N) is 2. The van der Waals surface area contributed by atoms with Crippen LogP contribution in [0.5, 0.6) is 11.5 Å². The van der Waals surface area contributed by atoms with Crippen LogP contribution in [0, 0.1) is 0 Å². The van der Waals surface area contributed by atoms with Crippen molar-refractivity contribution in [2.75, 3.05) is 33.9 Å². The van der Waals surface area contributed by atoms with Gasteiger partial charge in [-0.25, -0.2) is 0 Å². The zero-order valence-electron chi connectivity index (χ0n) is 16.5. The van der Waals surface area contributed by atoms with Crippen LogP contribution in [-0.2, 0) is 6.42 Å². The number of ether oxygens (including phenoxy) is 2. The fourth-order valence-electron chi connectivity index (χ4n) is 2.62. The van der Waals surface area contributed by atoms with Gasteiger partial charge in [-0.05, 0) is 48.7 Å². The van der Waals surface area contributed by atoms with Gasteiger partial charge in [0, 0.05) is 18.1 Å². The summed E-state index contributed by atoms with van der Waals surface area (Å²) in [5.41, 5.74) is 1.83. The zero-order chi connectivity index (χ0) is 20.4. The third-order valence-electron chi connectivity index (χ3n) is 4.21. The highest BCUT2D eigenvalue weighted by molar-refractivity contribution is 6.31. The minimum atomic E-state index is -0.683. The molecule has 0 aliphatic carbocycles. The summed E-state index contributed by atoms with van der Waals surface area (Å²) < 4.78 is 10.3. The maximum atomic E-state index is 10.4. The summed E-state index contributed by atoms with van der Waals surface area (Å²) in [5.74, 6) is 2.15. The van der Waals surface area contributed by atoms with Crippen molar-refractivity contribution in [1.82, 2.24) is 10.6 Å². The predicted octanol–water partition coefficient (Wildman–Crippen LogP) is 3.19. The smallest absolute Gasteiger partial charge is 0.191 e. The van der Waals surface area contributed by atoms with Gasteiger partial charge in [0.25, 0.3) is 0 Å². The number of hydrogen-bond acceptors (Lipinski definition) is 4. The Kier molecular flexibility index (Phi) is 8.91. The molecule has 0 radical (unpaired) electrons. The number of rotatable bonds is 9. The van der Waals surface area contributed by atoms with E-state index < -0.39 is 6.10 Å². The fourth-order valence-corrected chi connectivity index (χ4v) is 2.89. The number of nitrogens with zero attached hydrogens (tertiary/aromatic N) is 1. The van der Waals surface area contributed by atoms with Crippen LogP contribution in [0.3, 0.4) is 0 Å². The fraction of sp³-hybridized carbons (Fsp3) is 0.381. The Labute approximate surface area is 171 Å². The lowest BCUT2D eigenvalue weighted by molar-refractivity contribution is 0.187. The van der Waals surface area contributed by atoms with Crippen LogP contribution in [0.2, 0.25) is 5.02 Å². The Hall–Kier alpha value is -2.44. The van der Waals surface area contributed by atoms with E-state index in [2.05, 4.69) is 15.6 Å². The largest absolute Gasteiger partial charge is 0.497 e. The lowest BCUT2D eigenvalue weighted by Gasteiger charge is -2.14. The van der Waals surface area contributed by atoms with E-state index in [1.165, 1.54) is 0 Å². The van der Waals surface area contributed by atoms with Crippen molar-refractivity contribution in [3.8, 4) is 11.5 Å². The summed E-state index contributed by atoms with van der Waals surface area (Å²) in [7, 11) is 3.23. The summed E-state index contributed by atoms with van der Waals surface area (Å²) >= 11 is 6.28. The number of hydrogen-bond donors (Lipinski definition) is 3. The van der Waals surface area contributed by atoms with E-state index in [1.807, 2.05) is 43.3 Å². The molecule has 2 aromatic rings. The van der Waals surface area contributed by atoms with Gasteiger partial charge in [0.15, 0.2) is 5.96 Å². The number of methoxy groups -OCH3 is 2. The minimum absolute atomic E-state index is 0.255. The molecule has 28 heavy (non-hydrogen) atoms. The molecule has 152 valence electrons. The van der Waals surface area contributed by atoms with Gasteiger partial charge in [-0.15, -0.1) is 0 Å². The summed E-state index contributed by atoms with van der Waals surface area (Å²) in [6.07, 6.45) is 0.0614. The molecule has 0 aromatic heterocycles. The number of aliphatic imine (C=N–C) groups is 1. The van der Waals surface area contributed by atoms with Crippen molar-refractivity contribution in [1.29, 1.82) is 0 Å². The molecule has 0 aliphatic heterocycles. The molecule has 7 heteroatoms. The molecular formula is C21H28ClN3O3. The molecule has 0 fully saturated rings. The van der Waals surface area contributed by atoms with Crippen molar-refractivity contribution in [2.45, 2.75) is 19.4 Å². The summed E-state index contributed by atoms with van der Waals surface area (Å²) in [5, 5.41) is 17.5. The maximum absolute atomic E-state index is 10.4. The van der Waals surface area contributed by atoms with E-state index in [-0.39, 0.29) is 6.54 Å². The molecule has 0 amide bonds. The van der Waals surface area contributed by atoms with Crippen molar-refractivity contribution >= 4 is 17.6 Å². The van der Waals surface area contributed by atoms with E-state index in [9.17, 15) is 5.11 Å². The summed E-state index contributed by atoms with van der Waals surface area (Å²) in [6.45, 7) is 3.65. The SMILES string of the molecule is CCNC(=NCC(O)c1ccc(OC)cc1)NCCc1ccc(OC)cc1Cl. The molecule has 0 spiro atoms. The molecule has 0 bridgehead atoms. The van der Waals surface area contributed by atoms with Crippen molar-refractivity contribution < 1.29 is 14.6 Å². The monoisotopic (exact) mass is 405 g/mol. The number of guanidine groups is 1. The van der Waals surface area contributed by atoms with Gasteiger partial charge in [0.1, 0.15) is 11.5 Å². The van der Waals surface area contributed by atoms with Gasteiger partial charge in [0.2, 0.25) is 0 Å². The van der Waals surface area contributed by atoms with Gasteiger partial charge in [-0.1, -0.05) is 29.8 Å². The van der Waals surface area contributed by atoms with Crippen LogP contribution in [0.25, 0.3) is 0 Å². The minimum Gasteiger partial charge on any atom is -0.497 e. The number of halogens is 1. The van der Waals surface area contributed by atoms with E-state index >= 15 is 0 Å². The molecule has 0 saturated heterocycles. The second-order valence-corrected chi connectivity index (χ2v) is 6.55. The molecule has 1 atom stereocenters. The first-order valence-corrected chi connectivity index (χ1v) is 9.61. The maximum Gasteiger partial charge on any atom is 0.191 e. The zero-order valence-corrected chi connectivity index (χ0v) is 17.3. The number of aliphatic hydroxyl groups is 1. The Balaban J connectivity index is 1.90. The highest BCUT2D eigenvalue weighted by Gasteiger charge is 2.08. The van der Waals surface area contributed by atoms with Gasteiger partial charge in [0.05, 0.1) is 26.9 Å². The first kappa shape index (κ1) is 21.9. The molecule has 0 saturated carbocycles. The van der Waals surface area contributed by atoms with Crippen molar-refractivity contribution in [3.63, 3.8) is 0 Å². The van der Waals surface area contributed by atoms with Gasteiger partial charge >= 0.3 is 0 Å². The lowest BCUT2D eigenvalue weighted by Crippen LogP contribution is -2.38. The quantitative estimate of drug-likeness (QED) is 0.441. The lowest BCUT2D eigenvalue weighted by atomic mass is 10.1. The Morgan fingerprint density at radius 1 is 1.07 bits per heavy atom. The molecule has 2 aromatic carbocycles. The first-order valence-electron chi connectivity index (χ1n) is 9.24. The van der Waals surface area contributed by atoms with E-state index in [0.29, 0.717) is 17.5 Å².